The van der Waals surface area contributed by atoms with E-state index >= 15 is 0 Å². The second-order valence-electron chi connectivity index (χ2n) is 5.22. The molecule has 1 aromatic rings. The van der Waals surface area contributed by atoms with Crippen molar-refractivity contribution in [3.63, 3.8) is 0 Å². The largest absolute Gasteiger partial charge is 0.355 e. The summed E-state index contributed by atoms with van der Waals surface area (Å²) in [6.07, 6.45) is 1.89. The van der Waals surface area contributed by atoms with E-state index in [1.807, 2.05) is 0 Å². The first-order valence-electron chi connectivity index (χ1n) is 8.03. The van der Waals surface area contributed by atoms with Crippen LogP contribution in [0.3, 0.4) is 0 Å². The number of sulfonamides is 1. The van der Waals surface area contributed by atoms with Crippen molar-refractivity contribution in [2.24, 2.45) is 0 Å². The van der Waals surface area contributed by atoms with Gasteiger partial charge in [-0.15, -0.1) is 0 Å². The number of unbranched alkanes of at least 4 members (excludes halogenated alkanes) is 1. The SMILES string of the molecule is CCN(CC)CCCCNC(=O)CNS(=O)(=O)c1ccccc1. The van der Waals surface area contributed by atoms with Crippen molar-refractivity contribution in [2.75, 3.05) is 32.7 Å². The van der Waals surface area contributed by atoms with Gasteiger partial charge >= 0.3 is 0 Å². The smallest absolute Gasteiger partial charge is 0.241 e. The van der Waals surface area contributed by atoms with Gasteiger partial charge in [0.05, 0.1) is 11.4 Å². The van der Waals surface area contributed by atoms with Crippen LogP contribution in [0.5, 0.6) is 0 Å². The molecular weight excluding hydrogens is 314 g/mol. The molecule has 1 amide bonds. The Morgan fingerprint density at radius 2 is 1.74 bits per heavy atom. The highest BCUT2D eigenvalue weighted by molar-refractivity contribution is 7.89. The van der Waals surface area contributed by atoms with Crippen molar-refractivity contribution in [3.8, 4) is 0 Å². The summed E-state index contributed by atoms with van der Waals surface area (Å²) < 4.78 is 26.2. The summed E-state index contributed by atoms with van der Waals surface area (Å²) in [4.78, 5) is 14.2. The number of benzene rings is 1. The fourth-order valence-corrected chi connectivity index (χ4v) is 3.14. The molecule has 23 heavy (non-hydrogen) atoms. The summed E-state index contributed by atoms with van der Waals surface area (Å²) in [7, 11) is -3.63. The van der Waals surface area contributed by atoms with Crippen LogP contribution in [0.1, 0.15) is 26.7 Å². The Bertz CT molecular complexity index is 557. The maximum Gasteiger partial charge on any atom is 0.241 e. The van der Waals surface area contributed by atoms with Crippen molar-refractivity contribution in [3.05, 3.63) is 30.3 Å². The number of amides is 1. The average molecular weight is 341 g/mol. The quantitative estimate of drug-likeness (QED) is 0.593. The van der Waals surface area contributed by atoms with Gasteiger partial charge in [-0.3, -0.25) is 4.79 Å². The summed E-state index contributed by atoms with van der Waals surface area (Å²) in [6.45, 7) is 7.66. The summed E-state index contributed by atoms with van der Waals surface area (Å²) in [5.74, 6) is -0.313. The van der Waals surface area contributed by atoms with Crippen LogP contribution in [0, 0.1) is 0 Å². The summed E-state index contributed by atoms with van der Waals surface area (Å²) in [6, 6.07) is 8.01. The Morgan fingerprint density at radius 3 is 2.35 bits per heavy atom. The number of nitrogens with zero attached hydrogens (tertiary/aromatic N) is 1. The lowest BCUT2D eigenvalue weighted by Crippen LogP contribution is -2.37. The molecular formula is C16H27N3O3S. The monoisotopic (exact) mass is 341 g/mol. The van der Waals surface area contributed by atoms with Crippen molar-refractivity contribution < 1.29 is 13.2 Å². The minimum absolute atomic E-state index is 0.159. The highest BCUT2D eigenvalue weighted by atomic mass is 32.2. The Kier molecular flexibility index (Phi) is 8.83. The minimum Gasteiger partial charge on any atom is -0.355 e. The molecule has 0 aromatic heterocycles. The van der Waals surface area contributed by atoms with Gasteiger partial charge in [0.1, 0.15) is 0 Å². The van der Waals surface area contributed by atoms with Crippen LogP contribution in [-0.4, -0.2) is 51.9 Å². The lowest BCUT2D eigenvalue weighted by Gasteiger charge is -2.17. The molecule has 0 radical (unpaired) electrons. The Morgan fingerprint density at radius 1 is 1.09 bits per heavy atom. The molecule has 6 nitrogen and oxygen atoms in total. The molecule has 2 N–H and O–H groups in total. The number of nitrogens with one attached hydrogen (secondary N) is 2. The summed E-state index contributed by atoms with van der Waals surface area (Å²) in [5.41, 5.74) is 0. The van der Waals surface area contributed by atoms with Crippen molar-refractivity contribution >= 4 is 15.9 Å². The minimum atomic E-state index is -3.63. The first kappa shape index (κ1) is 19.6. The van der Waals surface area contributed by atoms with E-state index in [0.717, 1.165) is 32.5 Å². The van der Waals surface area contributed by atoms with Crippen molar-refractivity contribution in [2.45, 2.75) is 31.6 Å². The van der Waals surface area contributed by atoms with Crippen LogP contribution in [0.15, 0.2) is 35.2 Å². The van der Waals surface area contributed by atoms with Crippen LogP contribution >= 0.6 is 0 Å². The van der Waals surface area contributed by atoms with Gasteiger partial charge in [-0.25, -0.2) is 13.1 Å². The fourth-order valence-electron chi connectivity index (χ4n) is 2.13. The molecule has 0 spiro atoms. The first-order chi connectivity index (χ1) is 11.0. The zero-order valence-corrected chi connectivity index (χ0v) is 14.7. The van der Waals surface area contributed by atoms with Crippen molar-refractivity contribution in [1.29, 1.82) is 0 Å². The lowest BCUT2D eigenvalue weighted by atomic mass is 10.3. The predicted octanol–water partition coefficient (Wildman–Crippen LogP) is 1.20. The zero-order chi connectivity index (χ0) is 17.1. The van der Waals surface area contributed by atoms with Gasteiger partial charge in [-0.1, -0.05) is 32.0 Å². The molecule has 0 saturated carbocycles. The number of carbonyl (C=O) groups is 1. The van der Waals surface area contributed by atoms with Gasteiger partial charge in [-0.2, -0.15) is 0 Å². The van der Waals surface area contributed by atoms with E-state index in [2.05, 4.69) is 28.8 Å². The van der Waals surface area contributed by atoms with E-state index in [9.17, 15) is 13.2 Å². The molecule has 7 heteroatoms. The fraction of sp³-hybridized carbons (Fsp3) is 0.562. The molecule has 1 rings (SSSR count). The van der Waals surface area contributed by atoms with Crippen LogP contribution in [0.4, 0.5) is 0 Å². The van der Waals surface area contributed by atoms with Gasteiger partial charge in [0.15, 0.2) is 0 Å². The van der Waals surface area contributed by atoms with Gasteiger partial charge < -0.3 is 10.2 Å². The van der Waals surface area contributed by atoms with Gasteiger partial charge in [0, 0.05) is 6.54 Å². The van der Waals surface area contributed by atoms with Gasteiger partial charge in [0.25, 0.3) is 0 Å². The van der Waals surface area contributed by atoms with E-state index in [1.54, 1.807) is 18.2 Å². The zero-order valence-electron chi connectivity index (χ0n) is 13.9. The van der Waals surface area contributed by atoms with E-state index in [1.165, 1.54) is 12.1 Å². The topological polar surface area (TPSA) is 78.5 Å². The van der Waals surface area contributed by atoms with E-state index < -0.39 is 10.0 Å². The molecule has 0 atom stereocenters. The molecule has 0 bridgehead atoms. The van der Waals surface area contributed by atoms with E-state index in [-0.39, 0.29) is 17.3 Å². The summed E-state index contributed by atoms with van der Waals surface area (Å²) >= 11 is 0. The number of hydrogen-bond donors (Lipinski definition) is 2. The number of rotatable bonds is 11. The average Bonchev–Trinajstić information content (AvgIpc) is 2.57. The first-order valence-corrected chi connectivity index (χ1v) is 9.51. The predicted molar refractivity (Wildman–Crippen MR) is 91.7 cm³/mol. The molecule has 0 aliphatic carbocycles. The molecule has 0 aliphatic heterocycles. The number of hydrogen-bond acceptors (Lipinski definition) is 4. The Hall–Kier alpha value is -1.44. The lowest BCUT2D eigenvalue weighted by molar-refractivity contribution is -0.119. The number of carbonyl (C=O) groups excluding carboxylic acids is 1. The molecule has 0 aliphatic rings. The highest BCUT2D eigenvalue weighted by Gasteiger charge is 2.14. The van der Waals surface area contributed by atoms with Crippen LogP contribution in [0.2, 0.25) is 0 Å². The van der Waals surface area contributed by atoms with Crippen LogP contribution in [0.25, 0.3) is 0 Å². The summed E-state index contributed by atoms with van der Waals surface area (Å²) in [5, 5.41) is 2.73. The van der Waals surface area contributed by atoms with Gasteiger partial charge in [-0.05, 0) is 44.6 Å². The molecule has 1 aromatic carbocycles. The van der Waals surface area contributed by atoms with Crippen LogP contribution < -0.4 is 10.0 Å². The van der Waals surface area contributed by atoms with E-state index in [0.29, 0.717) is 6.54 Å². The Balaban J connectivity index is 2.22. The highest BCUT2D eigenvalue weighted by Crippen LogP contribution is 2.06. The Labute approximate surface area is 139 Å². The third-order valence-corrected chi connectivity index (χ3v) is 5.01. The normalized spacial score (nSPS) is 11.6. The maximum absolute atomic E-state index is 12.0. The van der Waals surface area contributed by atoms with Crippen molar-refractivity contribution in [1.82, 2.24) is 14.9 Å². The standard InChI is InChI=1S/C16H27N3O3S/c1-3-19(4-2)13-9-8-12-17-16(20)14-18-23(21,22)15-10-6-5-7-11-15/h5-7,10-11,18H,3-4,8-9,12-14H2,1-2H3,(H,17,20). The van der Waals surface area contributed by atoms with E-state index in [4.69, 9.17) is 0 Å². The third kappa shape index (κ3) is 7.58. The van der Waals surface area contributed by atoms with Gasteiger partial charge in [0.2, 0.25) is 15.9 Å². The maximum atomic E-state index is 12.0. The second kappa shape index (κ2) is 10.4. The molecule has 0 heterocycles. The molecule has 0 unspecified atom stereocenters. The molecule has 130 valence electrons. The molecule has 0 saturated heterocycles. The third-order valence-electron chi connectivity index (χ3n) is 3.59. The molecule has 0 fully saturated rings. The van der Waals surface area contributed by atoms with Crippen LogP contribution in [-0.2, 0) is 14.8 Å². The second-order valence-corrected chi connectivity index (χ2v) is 6.99.